The topological polar surface area (TPSA) is 38.3 Å². The SMILES string of the molecule is Cc1ccc(OC[C@H](C)NC(=O)[C@H](C)SCc2ccccc2)cc1. The predicted octanol–water partition coefficient (Wildman–Crippen LogP) is 4.20. The Kier molecular flexibility index (Phi) is 7.19. The second kappa shape index (κ2) is 9.38. The molecule has 2 aromatic carbocycles. The van der Waals surface area contributed by atoms with Crippen LogP contribution in [0.25, 0.3) is 0 Å². The van der Waals surface area contributed by atoms with Crippen LogP contribution >= 0.6 is 11.8 Å². The number of hydrogen-bond donors (Lipinski definition) is 1. The Morgan fingerprint density at radius 3 is 2.42 bits per heavy atom. The Morgan fingerprint density at radius 1 is 1.08 bits per heavy atom. The molecule has 0 aromatic heterocycles. The Labute approximate surface area is 148 Å². The summed E-state index contributed by atoms with van der Waals surface area (Å²) in [6.45, 7) is 6.41. The Balaban J connectivity index is 1.71. The summed E-state index contributed by atoms with van der Waals surface area (Å²) in [5.74, 6) is 1.72. The lowest BCUT2D eigenvalue weighted by molar-refractivity contribution is -0.121. The maximum Gasteiger partial charge on any atom is 0.233 e. The molecule has 24 heavy (non-hydrogen) atoms. The lowest BCUT2D eigenvalue weighted by Crippen LogP contribution is -2.40. The lowest BCUT2D eigenvalue weighted by Gasteiger charge is -2.18. The van der Waals surface area contributed by atoms with E-state index in [9.17, 15) is 4.79 Å². The molecule has 3 nitrogen and oxygen atoms in total. The van der Waals surface area contributed by atoms with Gasteiger partial charge in [-0.15, -0.1) is 11.8 Å². The second-order valence-electron chi connectivity index (χ2n) is 5.97. The molecule has 0 spiro atoms. The van der Waals surface area contributed by atoms with Gasteiger partial charge in [0.1, 0.15) is 12.4 Å². The van der Waals surface area contributed by atoms with Crippen molar-refractivity contribution in [2.75, 3.05) is 6.61 Å². The first-order chi connectivity index (χ1) is 11.5. The Bertz CT molecular complexity index is 628. The monoisotopic (exact) mass is 343 g/mol. The molecule has 2 rings (SSSR count). The van der Waals surface area contributed by atoms with Crippen molar-refractivity contribution in [2.45, 2.75) is 37.8 Å². The fraction of sp³-hybridized carbons (Fsp3) is 0.350. The van der Waals surface area contributed by atoms with Crippen LogP contribution in [0.2, 0.25) is 0 Å². The van der Waals surface area contributed by atoms with Gasteiger partial charge in [-0.3, -0.25) is 4.79 Å². The van der Waals surface area contributed by atoms with Crippen LogP contribution in [0.4, 0.5) is 0 Å². The highest BCUT2D eigenvalue weighted by molar-refractivity contribution is 7.99. The molecule has 128 valence electrons. The van der Waals surface area contributed by atoms with Gasteiger partial charge < -0.3 is 10.1 Å². The summed E-state index contributed by atoms with van der Waals surface area (Å²) in [7, 11) is 0. The molecule has 2 atom stereocenters. The first-order valence-electron chi connectivity index (χ1n) is 8.20. The number of rotatable bonds is 8. The largest absolute Gasteiger partial charge is 0.491 e. The molecular formula is C20H25NO2S. The predicted molar refractivity (Wildman–Crippen MR) is 101 cm³/mol. The molecule has 0 fully saturated rings. The van der Waals surface area contributed by atoms with Crippen molar-refractivity contribution >= 4 is 17.7 Å². The number of ether oxygens (including phenoxy) is 1. The molecule has 2 aromatic rings. The van der Waals surface area contributed by atoms with Gasteiger partial charge in [0, 0.05) is 5.75 Å². The van der Waals surface area contributed by atoms with E-state index in [2.05, 4.69) is 17.4 Å². The van der Waals surface area contributed by atoms with E-state index in [1.165, 1.54) is 11.1 Å². The van der Waals surface area contributed by atoms with Crippen molar-refractivity contribution in [3.63, 3.8) is 0 Å². The molecule has 0 aliphatic carbocycles. The molecule has 1 amide bonds. The smallest absolute Gasteiger partial charge is 0.233 e. The fourth-order valence-electron chi connectivity index (χ4n) is 2.13. The van der Waals surface area contributed by atoms with Crippen molar-refractivity contribution < 1.29 is 9.53 Å². The third-order valence-corrected chi connectivity index (χ3v) is 4.84. The zero-order valence-corrected chi connectivity index (χ0v) is 15.3. The number of hydrogen-bond acceptors (Lipinski definition) is 3. The molecule has 0 heterocycles. The number of amides is 1. The number of carbonyl (C=O) groups excluding carboxylic acids is 1. The summed E-state index contributed by atoms with van der Waals surface area (Å²) in [4.78, 5) is 12.2. The molecule has 4 heteroatoms. The molecule has 0 aliphatic rings. The van der Waals surface area contributed by atoms with Gasteiger partial charge in [-0.1, -0.05) is 48.0 Å². The van der Waals surface area contributed by atoms with Crippen LogP contribution in [0, 0.1) is 6.92 Å². The van der Waals surface area contributed by atoms with Crippen molar-refractivity contribution in [1.29, 1.82) is 0 Å². The van der Waals surface area contributed by atoms with E-state index < -0.39 is 0 Å². The second-order valence-corrected chi connectivity index (χ2v) is 7.30. The van der Waals surface area contributed by atoms with Gasteiger partial charge in [0.25, 0.3) is 0 Å². The summed E-state index contributed by atoms with van der Waals surface area (Å²) in [6, 6.07) is 18.1. The number of carbonyl (C=O) groups is 1. The van der Waals surface area contributed by atoms with E-state index in [-0.39, 0.29) is 17.2 Å². The number of benzene rings is 2. The highest BCUT2D eigenvalue weighted by Crippen LogP contribution is 2.18. The minimum Gasteiger partial charge on any atom is -0.491 e. The molecule has 1 N–H and O–H groups in total. The van der Waals surface area contributed by atoms with E-state index in [4.69, 9.17) is 4.74 Å². The van der Waals surface area contributed by atoms with E-state index in [1.807, 2.05) is 63.2 Å². The summed E-state index contributed by atoms with van der Waals surface area (Å²) in [6.07, 6.45) is 0. The molecule has 0 saturated heterocycles. The first kappa shape index (κ1) is 18.4. The van der Waals surface area contributed by atoms with Crippen LogP contribution in [0.1, 0.15) is 25.0 Å². The van der Waals surface area contributed by atoms with Crippen LogP contribution in [0.5, 0.6) is 5.75 Å². The molecule has 0 saturated carbocycles. The average molecular weight is 343 g/mol. The summed E-state index contributed by atoms with van der Waals surface area (Å²) < 4.78 is 5.71. The van der Waals surface area contributed by atoms with Gasteiger partial charge in [0.2, 0.25) is 5.91 Å². The zero-order chi connectivity index (χ0) is 17.4. The zero-order valence-electron chi connectivity index (χ0n) is 14.5. The van der Waals surface area contributed by atoms with Crippen LogP contribution in [-0.2, 0) is 10.5 Å². The molecular weight excluding hydrogens is 318 g/mol. The van der Waals surface area contributed by atoms with Crippen LogP contribution in [-0.4, -0.2) is 23.8 Å². The maximum atomic E-state index is 12.2. The lowest BCUT2D eigenvalue weighted by atomic mass is 10.2. The molecule has 0 aliphatic heterocycles. The maximum absolute atomic E-state index is 12.2. The van der Waals surface area contributed by atoms with Crippen molar-refractivity contribution in [3.8, 4) is 5.75 Å². The van der Waals surface area contributed by atoms with E-state index >= 15 is 0 Å². The molecule has 0 unspecified atom stereocenters. The number of nitrogens with one attached hydrogen (secondary N) is 1. The van der Waals surface area contributed by atoms with E-state index in [0.717, 1.165) is 11.5 Å². The third-order valence-electron chi connectivity index (χ3n) is 3.62. The summed E-state index contributed by atoms with van der Waals surface area (Å²) in [5, 5.41) is 2.92. The highest BCUT2D eigenvalue weighted by atomic mass is 32.2. The normalized spacial score (nSPS) is 13.1. The highest BCUT2D eigenvalue weighted by Gasteiger charge is 2.16. The Morgan fingerprint density at radius 2 is 1.75 bits per heavy atom. The summed E-state index contributed by atoms with van der Waals surface area (Å²) in [5.41, 5.74) is 2.44. The third kappa shape index (κ3) is 6.28. The quantitative estimate of drug-likeness (QED) is 0.781. The van der Waals surface area contributed by atoms with Crippen LogP contribution in [0.3, 0.4) is 0 Å². The summed E-state index contributed by atoms with van der Waals surface area (Å²) >= 11 is 1.64. The van der Waals surface area contributed by atoms with Gasteiger partial charge in [0.05, 0.1) is 11.3 Å². The van der Waals surface area contributed by atoms with Gasteiger partial charge in [-0.25, -0.2) is 0 Å². The van der Waals surface area contributed by atoms with Gasteiger partial charge in [-0.05, 0) is 38.5 Å². The molecule has 0 bridgehead atoms. The fourth-order valence-corrected chi connectivity index (χ4v) is 2.98. The standard InChI is InChI=1S/C20H25NO2S/c1-15-9-11-19(12-10-15)23-13-16(2)21-20(22)17(3)24-14-18-7-5-4-6-8-18/h4-12,16-17H,13-14H2,1-3H3,(H,21,22)/t16-,17-/m0/s1. The molecule has 0 radical (unpaired) electrons. The van der Waals surface area contributed by atoms with E-state index in [0.29, 0.717) is 6.61 Å². The Hall–Kier alpha value is -1.94. The number of thioether (sulfide) groups is 1. The number of aryl methyl sites for hydroxylation is 1. The van der Waals surface area contributed by atoms with Crippen molar-refractivity contribution in [2.24, 2.45) is 0 Å². The first-order valence-corrected chi connectivity index (χ1v) is 9.25. The van der Waals surface area contributed by atoms with Gasteiger partial charge in [-0.2, -0.15) is 0 Å². The van der Waals surface area contributed by atoms with Crippen molar-refractivity contribution in [1.82, 2.24) is 5.32 Å². The minimum atomic E-state index is -0.0907. The average Bonchev–Trinajstić information content (AvgIpc) is 2.60. The van der Waals surface area contributed by atoms with Crippen molar-refractivity contribution in [3.05, 3.63) is 65.7 Å². The van der Waals surface area contributed by atoms with Crippen LogP contribution in [0.15, 0.2) is 54.6 Å². The van der Waals surface area contributed by atoms with Gasteiger partial charge in [0.15, 0.2) is 0 Å². The van der Waals surface area contributed by atoms with E-state index in [1.54, 1.807) is 11.8 Å². The van der Waals surface area contributed by atoms with Gasteiger partial charge >= 0.3 is 0 Å². The van der Waals surface area contributed by atoms with Crippen LogP contribution < -0.4 is 10.1 Å². The minimum absolute atomic E-state index is 0.0291.